The van der Waals surface area contributed by atoms with E-state index in [0.29, 0.717) is 31.1 Å². The molecule has 2 aliphatic carbocycles. The van der Waals surface area contributed by atoms with E-state index in [1.54, 1.807) is 13.2 Å². The molecule has 3 aliphatic rings. The zero-order valence-corrected chi connectivity index (χ0v) is 17.7. The summed E-state index contributed by atoms with van der Waals surface area (Å²) in [5, 5.41) is 3.28. The molecule has 0 radical (unpaired) electrons. The quantitative estimate of drug-likeness (QED) is 0.741. The summed E-state index contributed by atoms with van der Waals surface area (Å²) in [6, 6.07) is 5.51. The third-order valence-corrected chi connectivity index (χ3v) is 7.89. The maximum atomic E-state index is 13.3. The molecule has 1 heterocycles. The number of hydrogen-bond donors (Lipinski definition) is 1. The summed E-state index contributed by atoms with van der Waals surface area (Å²) in [5.41, 5.74) is -0.261. The first kappa shape index (κ1) is 21.6. The van der Waals surface area contributed by atoms with E-state index in [0.717, 1.165) is 25.3 Å². The molecule has 1 unspecified atom stereocenters. The van der Waals surface area contributed by atoms with E-state index >= 15 is 0 Å². The molecule has 2 saturated carbocycles. The second kappa shape index (κ2) is 7.52. The van der Waals surface area contributed by atoms with Crippen molar-refractivity contribution in [3.05, 3.63) is 35.4 Å². The van der Waals surface area contributed by atoms with Crippen molar-refractivity contribution in [3.63, 3.8) is 0 Å². The fourth-order valence-electron chi connectivity index (χ4n) is 6.44. The van der Waals surface area contributed by atoms with Crippen molar-refractivity contribution < 1.29 is 27.4 Å². The highest BCUT2D eigenvalue weighted by molar-refractivity contribution is 5.76. The van der Waals surface area contributed by atoms with E-state index in [4.69, 9.17) is 9.47 Å². The third kappa shape index (κ3) is 3.44. The Labute approximate surface area is 175 Å². The maximum Gasteiger partial charge on any atom is 0.416 e. The van der Waals surface area contributed by atoms with Crippen LogP contribution in [0.2, 0.25) is 0 Å². The summed E-state index contributed by atoms with van der Waals surface area (Å²) in [7, 11) is 1.57. The molecule has 3 fully saturated rings. The first-order valence-electron chi connectivity index (χ1n) is 10.7. The van der Waals surface area contributed by atoms with Crippen molar-refractivity contribution in [3.8, 4) is 0 Å². The minimum atomic E-state index is -4.38. The van der Waals surface area contributed by atoms with Crippen LogP contribution in [0.4, 0.5) is 13.2 Å². The predicted octanol–water partition coefficient (Wildman–Crippen LogP) is 4.74. The smallest absolute Gasteiger partial charge is 0.384 e. The number of rotatable bonds is 5. The fourth-order valence-corrected chi connectivity index (χ4v) is 6.44. The van der Waals surface area contributed by atoms with E-state index < -0.39 is 11.7 Å². The second-order valence-corrected chi connectivity index (χ2v) is 9.71. The van der Waals surface area contributed by atoms with Crippen LogP contribution in [0.15, 0.2) is 24.3 Å². The van der Waals surface area contributed by atoms with Crippen LogP contribution in [-0.4, -0.2) is 32.3 Å². The first-order chi connectivity index (χ1) is 14.1. The molecular formula is C23H30F3NO3. The number of benzene rings is 1. The van der Waals surface area contributed by atoms with Gasteiger partial charge in [0.25, 0.3) is 0 Å². The van der Waals surface area contributed by atoms with E-state index in [2.05, 4.69) is 19.2 Å². The molecule has 4 nitrogen and oxygen atoms in total. The van der Waals surface area contributed by atoms with Crippen LogP contribution in [0.3, 0.4) is 0 Å². The Balaban J connectivity index is 1.64. The molecular weight excluding hydrogens is 395 g/mol. The van der Waals surface area contributed by atoms with Gasteiger partial charge in [-0.15, -0.1) is 0 Å². The fraction of sp³-hybridized carbons (Fsp3) is 0.696. The van der Waals surface area contributed by atoms with E-state index in [1.165, 1.54) is 12.1 Å². The maximum absolute atomic E-state index is 13.3. The van der Waals surface area contributed by atoms with Gasteiger partial charge < -0.3 is 14.8 Å². The largest absolute Gasteiger partial charge is 0.416 e. The van der Waals surface area contributed by atoms with Gasteiger partial charge in [-0.3, -0.25) is 4.79 Å². The van der Waals surface area contributed by atoms with Gasteiger partial charge in [0.2, 0.25) is 5.91 Å². The monoisotopic (exact) mass is 425 g/mol. The lowest BCUT2D eigenvalue weighted by atomic mass is 9.58. The molecule has 30 heavy (non-hydrogen) atoms. The topological polar surface area (TPSA) is 47.6 Å². The van der Waals surface area contributed by atoms with Crippen LogP contribution < -0.4 is 5.32 Å². The first-order valence-corrected chi connectivity index (χ1v) is 10.7. The number of nitrogens with one attached hydrogen (secondary N) is 1. The zero-order chi connectivity index (χ0) is 21.7. The lowest BCUT2D eigenvalue weighted by Crippen LogP contribution is -2.59. The van der Waals surface area contributed by atoms with Crippen LogP contribution in [0.5, 0.6) is 0 Å². The Morgan fingerprint density at radius 2 is 2.10 bits per heavy atom. The van der Waals surface area contributed by atoms with Crippen LogP contribution in [0.25, 0.3) is 0 Å². The lowest BCUT2D eigenvalue weighted by molar-refractivity contribution is -0.140. The molecule has 1 aliphatic heterocycles. The molecule has 0 aromatic heterocycles. The number of alkyl halides is 3. The number of hydrogen-bond acceptors (Lipinski definition) is 3. The predicted molar refractivity (Wildman–Crippen MR) is 106 cm³/mol. The van der Waals surface area contributed by atoms with Gasteiger partial charge in [0, 0.05) is 26.2 Å². The molecule has 1 amide bonds. The van der Waals surface area contributed by atoms with Crippen molar-refractivity contribution in [2.24, 2.45) is 22.7 Å². The van der Waals surface area contributed by atoms with Gasteiger partial charge in [0.1, 0.15) is 0 Å². The zero-order valence-electron chi connectivity index (χ0n) is 17.7. The van der Waals surface area contributed by atoms with Crippen molar-refractivity contribution >= 4 is 5.91 Å². The van der Waals surface area contributed by atoms with Crippen molar-refractivity contribution in [1.82, 2.24) is 5.32 Å². The van der Waals surface area contributed by atoms with Gasteiger partial charge >= 0.3 is 6.18 Å². The van der Waals surface area contributed by atoms with Crippen LogP contribution >= 0.6 is 0 Å². The van der Waals surface area contributed by atoms with Crippen LogP contribution in [0.1, 0.15) is 56.8 Å². The summed E-state index contributed by atoms with van der Waals surface area (Å²) in [6.07, 6.45) is -1.72. The van der Waals surface area contributed by atoms with E-state index in [-0.39, 0.29) is 34.8 Å². The Hall–Kier alpha value is -1.60. The number of methoxy groups -OCH3 is 1. The van der Waals surface area contributed by atoms with Gasteiger partial charge in [0.15, 0.2) is 0 Å². The SMILES string of the molecule is COCCC(=O)N[C@@H]1C(C)(C)[C@@H]2C[C@@H]3[C@@H](c4cccc(C(F)(F)F)c4)OCCC31C2. The van der Waals surface area contributed by atoms with Gasteiger partial charge in [-0.1, -0.05) is 26.0 Å². The summed E-state index contributed by atoms with van der Waals surface area (Å²) in [6.45, 7) is 5.27. The highest BCUT2D eigenvalue weighted by atomic mass is 19.4. The molecule has 2 bridgehead atoms. The van der Waals surface area contributed by atoms with Gasteiger partial charge in [-0.05, 0) is 59.6 Å². The Kier molecular flexibility index (Phi) is 5.42. The average Bonchev–Trinajstić information content (AvgIpc) is 3.18. The second-order valence-electron chi connectivity index (χ2n) is 9.71. The number of fused-ring (bicyclic) bond motifs is 1. The summed E-state index contributed by atoms with van der Waals surface area (Å²) in [4.78, 5) is 12.6. The molecule has 1 aromatic carbocycles. The normalized spacial score (nSPS) is 34.6. The molecule has 1 aromatic rings. The van der Waals surface area contributed by atoms with E-state index in [9.17, 15) is 18.0 Å². The summed E-state index contributed by atoms with van der Waals surface area (Å²) >= 11 is 0. The lowest BCUT2D eigenvalue weighted by Gasteiger charge is -2.53. The Bertz CT molecular complexity index is 809. The molecule has 7 heteroatoms. The standard InChI is InChI=1S/C23H30F3NO3/c1-21(2)16-12-17-19(14-5-4-6-15(11-14)23(24,25)26)30-10-8-22(17,13-16)20(21)27-18(28)7-9-29-3/h4-6,11,16-17,19-20H,7-10,12-13H2,1-3H3,(H,27,28)/t16-,17-,19-,20-,22?/m1/s1. The minimum Gasteiger partial charge on any atom is -0.384 e. The number of ether oxygens (including phenoxy) is 2. The Morgan fingerprint density at radius 1 is 1.33 bits per heavy atom. The third-order valence-electron chi connectivity index (χ3n) is 7.89. The average molecular weight is 425 g/mol. The molecule has 1 N–H and O–H groups in total. The van der Waals surface area contributed by atoms with Gasteiger partial charge in [0.05, 0.1) is 18.3 Å². The summed E-state index contributed by atoms with van der Waals surface area (Å²) < 4.78 is 50.9. The van der Waals surface area contributed by atoms with E-state index in [1.807, 2.05) is 0 Å². The molecule has 5 atom stereocenters. The number of carbonyl (C=O) groups excluding carboxylic acids is 1. The summed E-state index contributed by atoms with van der Waals surface area (Å²) in [5.74, 6) is 0.475. The van der Waals surface area contributed by atoms with Crippen LogP contribution in [0, 0.1) is 22.7 Å². The van der Waals surface area contributed by atoms with Gasteiger partial charge in [-0.25, -0.2) is 0 Å². The Morgan fingerprint density at radius 3 is 2.80 bits per heavy atom. The van der Waals surface area contributed by atoms with Gasteiger partial charge in [-0.2, -0.15) is 13.2 Å². The highest BCUT2D eigenvalue weighted by Crippen LogP contribution is 2.70. The molecule has 4 rings (SSSR count). The molecule has 166 valence electrons. The highest BCUT2D eigenvalue weighted by Gasteiger charge is 2.68. The van der Waals surface area contributed by atoms with Crippen molar-refractivity contribution in [1.29, 1.82) is 0 Å². The van der Waals surface area contributed by atoms with Crippen LogP contribution in [-0.2, 0) is 20.4 Å². The molecule has 1 spiro atoms. The molecule has 1 saturated heterocycles. The van der Waals surface area contributed by atoms with Crippen molar-refractivity contribution in [2.75, 3.05) is 20.3 Å². The van der Waals surface area contributed by atoms with Crippen molar-refractivity contribution in [2.45, 2.75) is 57.9 Å². The number of amides is 1. The number of carbonyl (C=O) groups is 1. The number of halogens is 3. The minimum absolute atomic E-state index is 0.0182.